The second-order valence-electron chi connectivity index (χ2n) is 4.95. The molecule has 0 spiro atoms. The number of hydrogen-bond donors (Lipinski definition) is 3. The van der Waals surface area contributed by atoms with Gasteiger partial charge in [0.25, 0.3) is 0 Å². The Bertz CT molecular complexity index is 434. The number of hydrogen-bond acceptors (Lipinski definition) is 4. The second-order valence-corrected chi connectivity index (χ2v) is 4.95. The van der Waals surface area contributed by atoms with E-state index in [-0.39, 0.29) is 5.78 Å². The molecule has 4 heteroatoms. The van der Waals surface area contributed by atoms with Crippen molar-refractivity contribution in [2.24, 2.45) is 0 Å². The Hall–Kier alpha value is -1.97. The van der Waals surface area contributed by atoms with E-state index >= 15 is 0 Å². The summed E-state index contributed by atoms with van der Waals surface area (Å²) >= 11 is 0. The molecule has 0 atom stereocenters. The molecule has 0 aromatic carbocycles. The van der Waals surface area contributed by atoms with Gasteiger partial charge in [0.15, 0.2) is 5.78 Å². The Morgan fingerprint density at radius 2 is 1.57 bits per heavy atom. The minimum atomic E-state index is 0.0369. The van der Waals surface area contributed by atoms with E-state index in [1.165, 1.54) is 0 Å². The Kier molecular flexibility index (Phi) is 15.1. The van der Waals surface area contributed by atoms with Gasteiger partial charge in [-0.05, 0) is 25.3 Å². The number of carbonyl (C=O) groups is 1. The van der Waals surface area contributed by atoms with Crippen molar-refractivity contribution in [1.29, 1.82) is 0 Å². The molecule has 3 N–H and O–H groups in total. The van der Waals surface area contributed by atoms with E-state index < -0.39 is 0 Å². The Morgan fingerprint density at radius 3 is 2.00 bits per heavy atom. The standard InChI is InChI=1S/C17H29N3O.C2H6/c1-13(2)16(18-5)9-7-8-12-20-14(3)10-11-17(19-6)15(4)21;1-2/h9,11,18-20H,1,3,7-8,10,12H2,2,4-6H3;1-2H3/b16-9+,17-11-;. The molecule has 0 heterocycles. The minimum absolute atomic E-state index is 0.0369. The first-order chi connectivity index (χ1) is 10.9. The molecule has 0 aromatic rings. The average Bonchev–Trinajstić information content (AvgIpc) is 2.52. The SMILES string of the molecule is C=C(C/C=C(\NC)C(C)=O)NCCC/C=C(/NC)C(=C)C.CC. The summed E-state index contributed by atoms with van der Waals surface area (Å²) in [7, 11) is 3.65. The zero-order chi connectivity index (χ0) is 18.3. The molecule has 0 aromatic heterocycles. The molecule has 0 bridgehead atoms. The molecule has 4 nitrogen and oxygen atoms in total. The van der Waals surface area contributed by atoms with E-state index in [4.69, 9.17) is 0 Å². The van der Waals surface area contributed by atoms with Crippen LogP contribution in [0.3, 0.4) is 0 Å². The van der Waals surface area contributed by atoms with E-state index in [0.717, 1.165) is 36.4 Å². The highest BCUT2D eigenvalue weighted by Crippen LogP contribution is 2.05. The van der Waals surface area contributed by atoms with E-state index in [0.29, 0.717) is 12.1 Å². The predicted molar refractivity (Wildman–Crippen MR) is 102 cm³/mol. The summed E-state index contributed by atoms with van der Waals surface area (Å²) < 4.78 is 0. The molecule has 0 fully saturated rings. The first kappa shape index (κ1) is 23.3. The maximum Gasteiger partial charge on any atom is 0.175 e. The normalized spacial score (nSPS) is 11.0. The summed E-state index contributed by atoms with van der Waals surface area (Å²) in [5.41, 5.74) is 3.68. The number of ketones is 1. The van der Waals surface area contributed by atoms with Crippen LogP contribution in [0.4, 0.5) is 0 Å². The van der Waals surface area contributed by atoms with Crippen LogP contribution in [-0.2, 0) is 4.79 Å². The van der Waals surface area contributed by atoms with Gasteiger partial charge in [0, 0.05) is 45.4 Å². The van der Waals surface area contributed by atoms with Crippen molar-refractivity contribution >= 4 is 5.78 Å². The third kappa shape index (κ3) is 12.3. The third-order valence-electron chi connectivity index (χ3n) is 3.03. The van der Waals surface area contributed by atoms with E-state index in [1.54, 1.807) is 14.0 Å². The summed E-state index contributed by atoms with van der Waals surface area (Å²) in [5.74, 6) is 0.0369. The van der Waals surface area contributed by atoms with Crippen LogP contribution in [0.25, 0.3) is 0 Å². The topological polar surface area (TPSA) is 53.2 Å². The molecule has 0 saturated heterocycles. The second kappa shape index (κ2) is 14.9. The Labute approximate surface area is 142 Å². The van der Waals surface area contributed by atoms with Gasteiger partial charge in [-0.1, -0.05) is 39.2 Å². The van der Waals surface area contributed by atoms with Gasteiger partial charge < -0.3 is 16.0 Å². The number of rotatable bonds is 11. The molecular weight excluding hydrogens is 286 g/mol. The van der Waals surface area contributed by atoms with Crippen LogP contribution >= 0.6 is 0 Å². The minimum Gasteiger partial charge on any atom is -0.389 e. The number of nitrogens with one attached hydrogen (secondary N) is 3. The van der Waals surface area contributed by atoms with Crippen LogP contribution in [0.2, 0.25) is 0 Å². The lowest BCUT2D eigenvalue weighted by atomic mass is 10.2. The van der Waals surface area contributed by atoms with Gasteiger partial charge in [0.2, 0.25) is 0 Å². The van der Waals surface area contributed by atoms with E-state index in [9.17, 15) is 4.79 Å². The summed E-state index contributed by atoms with van der Waals surface area (Å²) in [4.78, 5) is 11.2. The first-order valence-electron chi connectivity index (χ1n) is 8.26. The molecule has 132 valence electrons. The van der Waals surface area contributed by atoms with Gasteiger partial charge in [0.05, 0.1) is 5.70 Å². The first-order valence-corrected chi connectivity index (χ1v) is 8.26. The zero-order valence-electron chi connectivity index (χ0n) is 15.8. The highest BCUT2D eigenvalue weighted by molar-refractivity contribution is 5.92. The van der Waals surface area contributed by atoms with E-state index in [2.05, 4.69) is 35.2 Å². The van der Waals surface area contributed by atoms with Crippen LogP contribution in [0, 0.1) is 0 Å². The molecule has 0 radical (unpaired) electrons. The largest absolute Gasteiger partial charge is 0.389 e. The quantitative estimate of drug-likeness (QED) is 0.309. The van der Waals surface area contributed by atoms with Crippen molar-refractivity contribution in [3.05, 3.63) is 48.0 Å². The van der Waals surface area contributed by atoms with Crippen molar-refractivity contribution in [2.75, 3.05) is 20.6 Å². The van der Waals surface area contributed by atoms with Crippen LogP contribution in [0.1, 0.15) is 47.0 Å². The molecule has 0 aliphatic heterocycles. The molecule has 0 aliphatic carbocycles. The molecule has 0 aliphatic rings. The number of allylic oxidation sites excluding steroid dienone is 4. The number of carbonyl (C=O) groups excluding carboxylic acids is 1. The van der Waals surface area contributed by atoms with Crippen LogP contribution in [0.15, 0.2) is 48.0 Å². The third-order valence-corrected chi connectivity index (χ3v) is 3.03. The van der Waals surface area contributed by atoms with Gasteiger partial charge in [0.1, 0.15) is 0 Å². The lowest BCUT2D eigenvalue weighted by Gasteiger charge is -2.09. The van der Waals surface area contributed by atoms with Crippen molar-refractivity contribution < 1.29 is 4.79 Å². The molecule has 0 saturated carbocycles. The summed E-state index contributed by atoms with van der Waals surface area (Å²) in [6.07, 6.45) is 6.67. The van der Waals surface area contributed by atoms with Crippen molar-refractivity contribution in [2.45, 2.75) is 47.0 Å². The van der Waals surface area contributed by atoms with Gasteiger partial charge in [-0.2, -0.15) is 0 Å². The van der Waals surface area contributed by atoms with Crippen molar-refractivity contribution in [3.63, 3.8) is 0 Å². The Balaban J connectivity index is 0. The Morgan fingerprint density at radius 1 is 1.00 bits per heavy atom. The van der Waals surface area contributed by atoms with Crippen molar-refractivity contribution in [1.82, 2.24) is 16.0 Å². The predicted octanol–water partition coefficient (Wildman–Crippen LogP) is 3.66. The highest BCUT2D eigenvalue weighted by atomic mass is 16.1. The fourth-order valence-electron chi connectivity index (χ4n) is 1.82. The summed E-state index contributed by atoms with van der Waals surface area (Å²) in [6, 6.07) is 0. The average molecular weight is 322 g/mol. The maximum atomic E-state index is 11.2. The lowest BCUT2D eigenvalue weighted by Crippen LogP contribution is -2.16. The molecule has 0 unspecified atom stereocenters. The molecular formula is C19H35N3O. The molecule has 0 rings (SSSR count). The lowest BCUT2D eigenvalue weighted by molar-refractivity contribution is -0.113. The van der Waals surface area contributed by atoms with Crippen LogP contribution in [-0.4, -0.2) is 26.4 Å². The zero-order valence-corrected chi connectivity index (χ0v) is 15.8. The monoisotopic (exact) mass is 321 g/mol. The molecule has 0 amide bonds. The maximum absolute atomic E-state index is 11.2. The molecule has 23 heavy (non-hydrogen) atoms. The van der Waals surface area contributed by atoms with Crippen LogP contribution in [0.5, 0.6) is 0 Å². The summed E-state index contributed by atoms with van der Waals surface area (Å²) in [6.45, 7) is 16.3. The van der Waals surface area contributed by atoms with Gasteiger partial charge in [-0.15, -0.1) is 0 Å². The number of unbranched alkanes of at least 4 members (excludes halogenated alkanes) is 1. The van der Waals surface area contributed by atoms with Crippen LogP contribution < -0.4 is 16.0 Å². The highest BCUT2D eigenvalue weighted by Gasteiger charge is 2.00. The van der Waals surface area contributed by atoms with Gasteiger partial charge >= 0.3 is 0 Å². The fourth-order valence-corrected chi connectivity index (χ4v) is 1.82. The number of likely N-dealkylation sites (N-methyl/N-ethyl adjacent to an activating group) is 2. The van der Waals surface area contributed by atoms with Gasteiger partial charge in [-0.25, -0.2) is 0 Å². The number of Topliss-reactive ketones (excluding diaryl/α,β-unsaturated/α-hetero) is 1. The van der Waals surface area contributed by atoms with Crippen molar-refractivity contribution in [3.8, 4) is 0 Å². The van der Waals surface area contributed by atoms with Gasteiger partial charge in [-0.3, -0.25) is 4.79 Å². The fraction of sp³-hybridized carbons (Fsp3) is 0.526. The smallest absolute Gasteiger partial charge is 0.175 e. The summed E-state index contributed by atoms with van der Waals surface area (Å²) in [5, 5.41) is 9.28. The van der Waals surface area contributed by atoms with E-state index in [1.807, 2.05) is 33.9 Å².